The zero-order chi connectivity index (χ0) is 14.8. The molecule has 106 valence electrons. The fourth-order valence-corrected chi connectivity index (χ4v) is 2.51. The Hall–Kier alpha value is -2.14. The molecule has 0 atom stereocenters. The summed E-state index contributed by atoms with van der Waals surface area (Å²) in [5.74, 6) is 0.330. The van der Waals surface area contributed by atoms with E-state index in [1.807, 2.05) is 30.3 Å². The van der Waals surface area contributed by atoms with Crippen molar-refractivity contribution in [1.82, 2.24) is 9.78 Å². The Kier molecular flexibility index (Phi) is 3.75. The fraction of sp³-hybridized carbons (Fsp3) is 0.0625. The minimum absolute atomic E-state index is 0.248. The van der Waals surface area contributed by atoms with Gasteiger partial charge in [-0.3, -0.25) is 0 Å². The molecule has 0 bridgehead atoms. The van der Waals surface area contributed by atoms with Crippen LogP contribution in [0.3, 0.4) is 0 Å². The summed E-state index contributed by atoms with van der Waals surface area (Å²) < 4.78 is 15.6. The molecule has 0 radical (unpaired) electrons. The van der Waals surface area contributed by atoms with Crippen LogP contribution in [0.2, 0.25) is 0 Å². The molecule has 3 aromatic rings. The molecular formula is C16H13BrFN3. The van der Waals surface area contributed by atoms with Crippen molar-refractivity contribution in [2.45, 2.75) is 6.54 Å². The van der Waals surface area contributed by atoms with Crippen LogP contribution in [0.15, 0.2) is 59.1 Å². The first kappa shape index (κ1) is 13.8. The average molecular weight is 346 g/mol. The van der Waals surface area contributed by atoms with Gasteiger partial charge in [-0.25, -0.2) is 9.07 Å². The molecule has 1 heterocycles. The average Bonchev–Trinajstić information content (AvgIpc) is 2.83. The topological polar surface area (TPSA) is 43.8 Å². The van der Waals surface area contributed by atoms with Crippen molar-refractivity contribution in [3.63, 3.8) is 0 Å². The Morgan fingerprint density at radius 1 is 1.10 bits per heavy atom. The summed E-state index contributed by atoms with van der Waals surface area (Å²) in [5.41, 5.74) is 8.77. The van der Waals surface area contributed by atoms with Crippen molar-refractivity contribution >= 4 is 21.7 Å². The lowest BCUT2D eigenvalue weighted by molar-refractivity contribution is 0.625. The molecular weight excluding hydrogens is 333 g/mol. The largest absolute Gasteiger partial charge is 0.384 e. The van der Waals surface area contributed by atoms with Crippen LogP contribution in [0.25, 0.3) is 11.3 Å². The molecule has 3 nitrogen and oxygen atoms in total. The summed E-state index contributed by atoms with van der Waals surface area (Å²) in [6.45, 7) is 0.514. The molecule has 0 saturated carbocycles. The predicted molar refractivity (Wildman–Crippen MR) is 85.3 cm³/mol. The number of aromatic nitrogens is 2. The lowest BCUT2D eigenvalue weighted by atomic mass is 10.2. The molecule has 0 aliphatic rings. The van der Waals surface area contributed by atoms with Crippen LogP contribution < -0.4 is 5.73 Å². The van der Waals surface area contributed by atoms with E-state index in [-0.39, 0.29) is 5.82 Å². The van der Waals surface area contributed by atoms with Crippen molar-refractivity contribution in [3.05, 3.63) is 70.5 Å². The van der Waals surface area contributed by atoms with E-state index in [4.69, 9.17) is 5.73 Å². The third-order valence-electron chi connectivity index (χ3n) is 3.18. The Labute approximate surface area is 130 Å². The summed E-state index contributed by atoms with van der Waals surface area (Å²) in [5, 5.41) is 4.52. The first-order valence-corrected chi connectivity index (χ1v) is 7.25. The number of hydrogen-bond donors (Lipinski definition) is 1. The maximum absolute atomic E-state index is 12.9. The third-order valence-corrected chi connectivity index (χ3v) is 3.67. The van der Waals surface area contributed by atoms with Gasteiger partial charge in [-0.2, -0.15) is 5.10 Å². The van der Waals surface area contributed by atoms with E-state index >= 15 is 0 Å². The number of hydrogen-bond acceptors (Lipinski definition) is 2. The number of nitrogens with two attached hydrogens (primary N) is 1. The normalized spacial score (nSPS) is 10.8. The molecule has 3 rings (SSSR count). The van der Waals surface area contributed by atoms with E-state index in [1.54, 1.807) is 16.8 Å². The van der Waals surface area contributed by atoms with Crippen molar-refractivity contribution in [2.24, 2.45) is 0 Å². The van der Waals surface area contributed by atoms with Gasteiger partial charge in [0.05, 0.1) is 12.2 Å². The molecule has 0 aliphatic heterocycles. The Bertz CT molecular complexity index is 765. The second kappa shape index (κ2) is 5.69. The predicted octanol–water partition coefficient (Wildman–Crippen LogP) is 4.08. The minimum atomic E-state index is -0.248. The number of halogens is 2. The van der Waals surface area contributed by atoms with Crippen LogP contribution in [-0.2, 0) is 6.54 Å². The highest BCUT2D eigenvalue weighted by atomic mass is 79.9. The molecule has 0 amide bonds. The number of nitrogen functional groups attached to an aromatic ring is 1. The molecule has 21 heavy (non-hydrogen) atoms. The van der Waals surface area contributed by atoms with Gasteiger partial charge < -0.3 is 5.73 Å². The van der Waals surface area contributed by atoms with Crippen molar-refractivity contribution in [2.75, 3.05) is 5.73 Å². The van der Waals surface area contributed by atoms with Gasteiger partial charge in [0, 0.05) is 16.1 Å². The highest BCUT2D eigenvalue weighted by Crippen LogP contribution is 2.24. The maximum atomic E-state index is 12.9. The van der Waals surface area contributed by atoms with E-state index < -0.39 is 0 Å². The monoisotopic (exact) mass is 345 g/mol. The van der Waals surface area contributed by atoms with E-state index in [0.717, 1.165) is 21.3 Å². The van der Waals surface area contributed by atoms with Gasteiger partial charge in [-0.05, 0) is 29.8 Å². The molecule has 0 fully saturated rings. The standard InChI is InChI=1S/C16H13BrFN3/c17-13-3-1-2-12(8-13)15-9-16(19)21(20-15)10-11-4-6-14(18)7-5-11/h1-9H,10,19H2. The van der Waals surface area contributed by atoms with Crippen LogP contribution in [0.1, 0.15) is 5.56 Å². The molecule has 5 heteroatoms. The molecule has 2 aromatic carbocycles. The molecule has 0 aliphatic carbocycles. The van der Waals surface area contributed by atoms with Crippen molar-refractivity contribution < 1.29 is 4.39 Å². The van der Waals surface area contributed by atoms with E-state index in [2.05, 4.69) is 21.0 Å². The molecule has 2 N–H and O–H groups in total. The van der Waals surface area contributed by atoms with E-state index in [0.29, 0.717) is 12.4 Å². The van der Waals surface area contributed by atoms with Gasteiger partial charge in [0.2, 0.25) is 0 Å². The highest BCUT2D eigenvalue weighted by Gasteiger charge is 2.08. The van der Waals surface area contributed by atoms with Crippen LogP contribution in [0.5, 0.6) is 0 Å². The number of benzene rings is 2. The fourth-order valence-electron chi connectivity index (χ4n) is 2.11. The quantitative estimate of drug-likeness (QED) is 0.777. The second-order valence-corrected chi connectivity index (χ2v) is 5.66. The number of anilines is 1. The van der Waals surface area contributed by atoms with Gasteiger partial charge >= 0.3 is 0 Å². The van der Waals surface area contributed by atoms with Crippen LogP contribution in [0, 0.1) is 5.82 Å². The Morgan fingerprint density at radius 2 is 1.86 bits per heavy atom. The Balaban J connectivity index is 1.89. The minimum Gasteiger partial charge on any atom is -0.384 e. The van der Waals surface area contributed by atoms with Gasteiger partial charge in [0.15, 0.2) is 0 Å². The molecule has 0 unspecified atom stereocenters. The highest BCUT2D eigenvalue weighted by molar-refractivity contribution is 9.10. The van der Waals surface area contributed by atoms with Crippen LogP contribution >= 0.6 is 15.9 Å². The van der Waals surface area contributed by atoms with Gasteiger partial charge in [-0.1, -0.05) is 40.2 Å². The zero-order valence-electron chi connectivity index (χ0n) is 11.1. The summed E-state index contributed by atoms with van der Waals surface area (Å²) in [6.07, 6.45) is 0. The zero-order valence-corrected chi connectivity index (χ0v) is 12.7. The lowest BCUT2D eigenvalue weighted by Crippen LogP contribution is -2.05. The summed E-state index contributed by atoms with van der Waals surface area (Å²) >= 11 is 3.44. The van der Waals surface area contributed by atoms with Crippen LogP contribution in [-0.4, -0.2) is 9.78 Å². The van der Waals surface area contributed by atoms with Crippen LogP contribution in [0.4, 0.5) is 10.2 Å². The molecule has 0 saturated heterocycles. The summed E-state index contributed by atoms with van der Waals surface area (Å²) in [6, 6.07) is 16.1. The maximum Gasteiger partial charge on any atom is 0.123 e. The number of nitrogens with zero attached hydrogens (tertiary/aromatic N) is 2. The first-order chi connectivity index (χ1) is 10.1. The number of rotatable bonds is 3. The van der Waals surface area contributed by atoms with Gasteiger partial charge in [0.1, 0.15) is 11.6 Å². The van der Waals surface area contributed by atoms with Crippen molar-refractivity contribution in [3.8, 4) is 11.3 Å². The summed E-state index contributed by atoms with van der Waals surface area (Å²) in [7, 11) is 0. The Morgan fingerprint density at radius 3 is 2.57 bits per heavy atom. The van der Waals surface area contributed by atoms with E-state index in [1.165, 1.54) is 12.1 Å². The first-order valence-electron chi connectivity index (χ1n) is 6.45. The second-order valence-electron chi connectivity index (χ2n) is 4.75. The smallest absolute Gasteiger partial charge is 0.123 e. The molecule has 1 aromatic heterocycles. The summed E-state index contributed by atoms with van der Waals surface area (Å²) in [4.78, 5) is 0. The van der Waals surface area contributed by atoms with E-state index in [9.17, 15) is 4.39 Å². The molecule has 0 spiro atoms. The SMILES string of the molecule is Nc1cc(-c2cccc(Br)c2)nn1Cc1ccc(F)cc1. The third kappa shape index (κ3) is 3.13. The van der Waals surface area contributed by atoms with Gasteiger partial charge in [-0.15, -0.1) is 0 Å². The van der Waals surface area contributed by atoms with Gasteiger partial charge in [0.25, 0.3) is 0 Å². The van der Waals surface area contributed by atoms with Crippen molar-refractivity contribution in [1.29, 1.82) is 0 Å². The lowest BCUT2D eigenvalue weighted by Gasteiger charge is -2.04.